The van der Waals surface area contributed by atoms with E-state index in [0.29, 0.717) is 11.5 Å². The molecule has 0 radical (unpaired) electrons. The maximum absolute atomic E-state index is 5.85. The van der Waals surface area contributed by atoms with Gasteiger partial charge in [-0.2, -0.15) is 5.10 Å². The quantitative estimate of drug-likeness (QED) is 0.409. The number of anilines is 1. The molecule has 4 rings (SSSR count). The van der Waals surface area contributed by atoms with Crippen LogP contribution in [0.1, 0.15) is 26.3 Å². The van der Waals surface area contributed by atoms with Crippen LogP contribution in [-0.2, 0) is 0 Å². The lowest BCUT2D eigenvalue weighted by Gasteiger charge is -2.13. The number of ether oxygens (including phenoxy) is 1. The maximum atomic E-state index is 5.85. The molecule has 0 bridgehead atoms. The van der Waals surface area contributed by atoms with Crippen molar-refractivity contribution in [3.05, 3.63) is 54.2 Å². The summed E-state index contributed by atoms with van der Waals surface area (Å²) in [7, 11) is 0. The molecule has 1 unspecified atom stereocenters. The topological polar surface area (TPSA) is 102 Å². The zero-order valence-electron chi connectivity index (χ0n) is 18.3. The molecule has 0 saturated carbocycles. The summed E-state index contributed by atoms with van der Waals surface area (Å²) in [6.45, 7) is 8.80. The Morgan fingerprint density at radius 2 is 1.94 bits per heavy atom. The van der Waals surface area contributed by atoms with E-state index < -0.39 is 0 Å². The highest BCUT2D eigenvalue weighted by Crippen LogP contribution is 2.30. The van der Waals surface area contributed by atoms with Crippen molar-refractivity contribution in [2.24, 2.45) is 5.73 Å². The summed E-state index contributed by atoms with van der Waals surface area (Å²) in [5.74, 6) is 1.37. The molecule has 4 N–H and O–H groups in total. The third-order valence-electron chi connectivity index (χ3n) is 4.91. The minimum Gasteiger partial charge on any atom is -0.491 e. The zero-order chi connectivity index (χ0) is 22.0. The Labute approximate surface area is 182 Å². The van der Waals surface area contributed by atoms with Crippen molar-refractivity contribution in [2.75, 3.05) is 11.9 Å². The van der Waals surface area contributed by atoms with E-state index in [9.17, 15) is 0 Å². The van der Waals surface area contributed by atoms with E-state index in [1.807, 2.05) is 45.0 Å². The summed E-state index contributed by atoms with van der Waals surface area (Å²) in [5.41, 5.74) is 11.6. The van der Waals surface area contributed by atoms with Crippen LogP contribution in [0.15, 0.2) is 48.7 Å². The first-order valence-corrected chi connectivity index (χ1v) is 10.5. The van der Waals surface area contributed by atoms with Crippen LogP contribution in [-0.4, -0.2) is 38.9 Å². The van der Waals surface area contributed by atoms with Crippen molar-refractivity contribution in [2.45, 2.75) is 39.8 Å². The number of nitrogens with one attached hydrogen (secondary N) is 2. The van der Waals surface area contributed by atoms with Crippen LogP contribution in [0.3, 0.4) is 0 Å². The lowest BCUT2D eigenvalue weighted by molar-refractivity contribution is 0.243. The second-order valence-electron chi connectivity index (χ2n) is 8.10. The largest absolute Gasteiger partial charge is 0.491 e. The molecule has 160 valence electrons. The number of H-pyrrole nitrogens is 1. The molecule has 31 heavy (non-hydrogen) atoms. The standard InChI is InChI=1S/C24H28N6O/c1-14(2)31-18-6-8-22-19(12-18)23(30-29-22)24-26-10-9-21(28-24)17-5-7-20(15(3)11-17)27-13-16(4)25/h5-12,14,16,27H,13,25H2,1-4H3,(H,29,30). The molecule has 2 aromatic heterocycles. The van der Waals surface area contributed by atoms with Gasteiger partial charge in [0.25, 0.3) is 0 Å². The minimum atomic E-state index is 0.0960. The fourth-order valence-electron chi connectivity index (χ4n) is 3.43. The van der Waals surface area contributed by atoms with E-state index in [-0.39, 0.29) is 12.1 Å². The Hall–Kier alpha value is -3.45. The van der Waals surface area contributed by atoms with Crippen LogP contribution in [0.25, 0.3) is 33.7 Å². The fraction of sp³-hybridized carbons (Fsp3) is 0.292. The molecule has 2 heterocycles. The Balaban J connectivity index is 1.67. The van der Waals surface area contributed by atoms with Crippen LogP contribution < -0.4 is 15.8 Å². The van der Waals surface area contributed by atoms with Crippen molar-refractivity contribution >= 4 is 16.6 Å². The molecular formula is C24H28N6O. The number of aryl methyl sites for hydroxylation is 1. The molecule has 2 aromatic carbocycles. The summed E-state index contributed by atoms with van der Waals surface area (Å²) >= 11 is 0. The third-order valence-corrected chi connectivity index (χ3v) is 4.91. The summed E-state index contributed by atoms with van der Waals surface area (Å²) in [5, 5.41) is 11.8. The van der Waals surface area contributed by atoms with Gasteiger partial charge < -0.3 is 15.8 Å². The first-order chi connectivity index (χ1) is 14.9. The molecule has 1 atom stereocenters. The molecule has 0 fully saturated rings. The van der Waals surface area contributed by atoms with Crippen molar-refractivity contribution in [1.29, 1.82) is 0 Å². The Bertz CT molecular complexity index is 1200. The smallest absolute Gasteiger partial charge is 0.181 e. The Morgan fingerprint density at radius 3 is 2.68 bits per heavy atom. The highest BCUT2D eigenvalue weighted by Gasteiger charge is 2.14. The van der Waals surface area contributed by atoms with Crippen LogP contribution in [0.2, 0.25) is 0 Å². The molecule has 0 aliphatic rings. The Morgan fingerprint density at radius 1 is 1.10 bits per heavy atom. The molecule has 0 aliphatic carbocycles. The molecule has 0 amide bonds. The van der Waals surface area contributed by atoms with Gasteiger partial charge in [0.15, 0.2) is 5.82 Å². The van der Waals surface area contributed by atoms with E-state index in [2.05, 4.69) is 45.6 Å². The number of hydrogen-bond acceptors (Lipinski definition) is 6. The van der Waals surface area contributed by atoms with Gasteiger partial charge in [-0.1, -0.05) is 6.07 Å². The van der Waals surface area contributed by atoms with Crippen molar-refractivity contribution in [1.82, 2.24) is 20.2 Å². The van der Waals surface area contributed by atoms with Crippen molar-refractivity contribution in [3.63, 3.8) is 0 Å². The molecule has 7 nitrogen and oxygen atoms in total. The van der Waals surface area contributed by atoms with E-state index in [4.69, 9.17) is 15.5 Å². The van der Waals surface area contributed by atoms with Gasteiger partial charge in [0.2, 0.25) is 0 Å². The number of aromatic amines is 1. The zero-order valence-corrected chi connectivity index (χ0v) is 18.3. The SMILES string of the molecule is Cc1cc(-c2ccnc(-c3n[nH]c4ccc(OC(C)C)cc34)n2)ccc1NCC(C)N. The van der Waals surface area contributed by atoms with Crippen LogP contribution >= 0.6 is 0 Å². The van der Waals surface area contributed by atoms with Gasteiger partial charge in [0.1, 0.15) is 11.4 Å². The fourth-order valence-corrected chi connectivity index (χ4v) is 3.43. The lowest BCUT2D eigenvalue weighted by atomic mass is 10.1. The van der Waals surface area contributed by atoms with E-state index in [1.54, 1.807) is 6.20 Å². The number of nitrogens with two attached hydrogens (primary N) is 1. The highest BCUT2D eigenvalue weighted by molar-refractivity contribution is 5.92. The summed E-state index contributed by atoms with van der Waals surface area (Å²) in [6.07, 6.45) is 1.87. The Kier molecular flexibility index (Phi) is 5.86. The molecular weight excluding hydrogens is 388 g/mol. The van der Waals surface area contributed by atoms with Gasteiger partial charge in [-0.25, -0.2) is 9.97 Å². The van der Waals surface area contributed by atoms with Gasteiger partial charge in [-0.05, 0) is 69.7 Å². The molecule has 0 aliphatic heterocycles. The average Bonchev–Trinajstić information content (AvgIpc) is 3.15. The van der Waals surface area contributed by atoms with Crippen LogP contribution in [0.5, 0.6) is 5.75 Å². The monoisotopic (exact) mass is 416 g/mol. The highest BCUT2D eigenvalue weighted by atomic mass is 16.5. The molecule has 7 heteroatoms. The summed E-state index contributed by atoms with van der Waals surface area (Å²) in [6, 6.07) is 14.1. The summed E-state index contributed by atoms with van der Waals surface area (Å²) < 4.78 is 5.84. The van der Waals surface area contributed by atoms with Gasteiger partial charge in [-0.15, -0.1) is 0 Å². The van der Waals surface area contributed by atoms with E-state index >= 15 is 0 Å². The number of hydrogen-bond donors (Lipinski definition) is 3. The number of aromatic nitrogens is 4. The number of nitrogens with zero attached hydrogens (tertiary/aromatic N) is 3. The minimum absolute atomic E-state index is 0.0960. The van der Waals surface area contributed by atoms with Crippen molar-refractivity contribution < 1.29 is 4.74 Å². The van der Waals surface area contributed by atoms with E-state index in [0.717, 1.165) is 45.7 Å². The first-order valence-electron chi connectivity index (χ1n) is 10.5. The number of rotatable bonds is 7. The van der Waals surface area contributed by atoms with Gasteiger partial charge in [0, 0.05) is 35.4 Å². The van der Waals surface area contributed by atoms with Crippen molar-refractivity contribution in [3.8, 4) is 28.5 Å². The van der Waals surface area contributed by atoms with Gasteiger partial charge in [-0.3, -0.25) is 5.10 Å². The lowest BCUT2D eigenvalue weighted by Crippen LogP contribution is -2.25. The summed E-state index contributed by atoms with van der Waals surface area (Å²) in [4.78, 5) is 9.27. The maximum Gasteiger partial charge on any atom is 0.181 e. The predicted molar refractivity (Wildman–Crippen MR) is 125 cm³/mol. The first kappa shape index (κ1) is 20.8. The van der Waals surface area contributed by atoms with Gasteiger partial charge >= 0.3 is 0 Å². The molecule has 0 saturated heterocycles. The van der Waals surface area contributed by atoms with Crippen LogP contribution in [0, 0.1) is 6.92 Å². The second kappa shape index (κ2) is 8.73. The van der Waals surface area contributed by atoms with Gasteiger partial charge in [0.05, 0.1) is 17.3 Å². The normalized spacial score (nSPS) is 12.3. The number of fused-ring (bicyclic) bond motifs is 1. The second-order valence-corrected chi connectivity index (χ2v) is 8.10. The number of benzene rings is 2. The predicted octanol–water partition coefficient (Wildman–Crippen LogP) is 4.54. The average molecular weight is 417 g/mol. The van der Waals surface area contributed by atoms with E-state index in [1.165, 1.54) is 0 Å². The van der Waals surface area contributed by atoms with Crippen LogP contribution in [0.4, 0.5) is 5.69 Å². The molecule has 4 aromatic rings. The molecule has 0 spiro atoms. The third kappa shape index (κ3) is 4.67.